The number of piperidine rings is 1. The molecule has 0 saturated carbocycles. The molecule has 1 N–H and O–H groups in total. The van der Waals surface area contributed by atoms with E-state index in [9.17, 15) is 13.2 Å². The minimum Gasteiger partial charge on any atom is -0.483 e. The highest BCUT2D eigenvalue weighted by Crippen LogP contribution is 2.21. The van der Waals surface area contributed by atoms with Crippen molar-refractivity contribution in [3.05, 3.63) is 29.3 Å². The van der Waals surface area contributed by atoms with Crippen LogP contribution in [-0.2, 0) is 15.0 Å². The molecule has 1 amide bonds. The lowest BCUT2D eigenvalue weighted by molar-refractivity contribution is -0.134. The smallest absolute Gasteiger partial charge is 0.279 e. The van der Waals surface area contributed by atoms with Crippen molar-refractivity contribution in [3.8, 4) is 5.75 Å². The Kier molecular flexibility index (Phi) is 6.42. The quantitative estimate of drug-likeness (QED) is 0.814. The standard InChI is InChI=1S/C17H27N3O4S/c1-13-6-5-7-16(14(13)2)24-12-17(21)20-10-8-15(9-11-20)18-25(22,23)19(3)4/h5-7,15,18H,8-12H2,1-4H3. The largest absolute Gasteiger partial charge is 0.483 e. The Balaban J connectivity index is 1.82. The number of hydrogen-bond acceptors (Lipinski definition) is 4. The molecule has 0 atom stereocenters. The molecule has 1 saturated heterocycles. The zero-order valence-electron chi connectivity index (χ0n) is 15.3. The van der Waals surface area contributed by atoms with Crippen LogP contribution < -0.4 is 9.46 Å². The SMILES string of the molecule is Cc1cccc(OCC(=O)N2CCC(NS(=O)(=O)N(C)C)CC2)c1C. The third kappa shape index (κ3) is 5.17. The van der Waals surface area contributed by atoms with Gasteiger partial charge in [-0.15, -0.1) is 0 Å². The number of carbonyl (C=O) groups excluding carboxylic acids is 1. The van der Waals surface area contributed by atoms with Gasteiger partial charge in [0, 0.05) is 33.2 Å². The summed E-state index contributed by atoms with van der Waals surface area (Å²) >= 11 is 0. The molecule has 0 spiro atoms. The number of ether oxygens (including phenoxy) is 1. The first-order valence-electron chi connectivity index (χ1n) is 8.37. The van der Waals surface area contributed by atoms with E-state index < -0.39 is 10.2 Å². The third-order valence-electron chi connectivity index (χ3n) is 4.55. The van der Waals surface area contributed by atoms with E-state index in [4.69, 9.17) is 4.74 Å². The molecule has 25 heavy (non-hydrogen) atoms. The first-order valence-corrected chi connectivity index (χ1v) is 9.81. The Morgan fingerprint density at radius 2 is 1.92 bits per heavy atom. The van der Waals surface area contributed by atoms with Crippen molar-refractivity contribution in [1.82, 2.24) is 13.9 Å². The minimum absolute atomic E-state index is 0.00160. The highest BCUT2D eigenvalue weighted by Gasteiger charge is 2.26. The fourth-order valence-electron chi connectivity index (χ4n) is 2.67. The molecule has 7 nitrogen and oxygen atoms in total. The average Bonchev–Trinajstić information content (AvgIpc) is 2.56. The summed E-state index contributed by atoms with van der Waals surface area (Å²) in [4.78, 5) is 14.0. The summed E-state index contributed by atoms with van der Waals surface area (Å²) in [5, 5.41) is 0. The Morgan fingerprint density at radius 1 is 1.28 bits per heavy atom. The summed E-state index contributed by atoms with van der Waals surface area (Å²) in [6, 6.07) is 5.63. The second kappa shape index (κ2) is 8.16. The summed E-state index contributed by atoms with van der Waals surface area (Å²) in [7, 11) is -0.452. The summed E-state index contributed by atoms with van der Waals surface area (Å²) < 4.78 is 33.2. The van der Waals surface area contributed by atoms with E-state index in [2.05, 4.69) is 4.72 Å². The van der Waals surface area contributed by atoms with Crippen molar-refractivity contribution in [2.75, 3.05) is 33.8 Å². The number of amides is 1. The molecule has 2 rings (SSSR count). The number of hydrogen-bond donors (Lipinski definition) is 1. The third-order valence-corrected chi connectivity index (χ3v) is 6.14. The van der Waals surface area contributed by atoms with Gasteiger partial charge >= 0.3 is 0 Å². The molecule has 0 aromatic heterocycles. The minimum atomic E-state index is -3.44. The highest BCUT2D eigenvalue weighted by atomic mass is 32.2. The van der Waals surface area contributed by atoms with Crippen LogP contribution in [0.4, 0.5) is 0 Å². The van der Waals surface area contributed by atoms with Gasteiger partial charge in [0.2, 0.25) is 0 Å². The van der Waals surface area contributed by atoms with E-state index in [1.54, 1.807) is 4.90 Å². The lowest BCUT2D eigenvalue weighted by Crippen LogP contribution is -2.49. The molecule has 140 valence electrons. The van der Waals surface area contributed by atoms with Crippen LogP contribution in [0.25, 0.3) is 0 Å². The van der Waals surface area contributed by atoms with Crippen LogP contribution in [0.15, 0.2) is 18.2 Å². The number of nitrogens with zero attached hydrogens (tertiary/aromatic N) is 2. The van der Waals surface area contributed by atoms with Crippen LogP contribution in [-0.4, -0.2) is 63.4 Å². The number of benzene rings is 1. The Hall–Kier alpha value is -1.64. The molecule has 1 aromatic carbocycles. The van der Waals surface area contributed by atoms with Crippen molar-refractivity contribution in [2.24, 2.45) is 0 Å². The van der Waals surface area contributed by atoms with Gasteiger partial charge < -0.3 is 9.64 Å². The van der Waals surface area contributed by atoms with E-state index in [1.165, 1.54) is 14.1 Å². The topological polar surface area (TPSA) is 79.0 Å². The van der Waals surface area contributed by atoms with Gasteiger partial charge in [-0.05, 0) is 43.9 Å². The lowest BCUT2D eigenvalue weighted by atomic mass is 10.1. The highest BCUT2D eigenvalue weighted by molar-refractivity contribution is 7.87. The lowest BCUT2D eigenvalue weighted by Gasteiger charge is -2.32. The van der Waals surface area contributed by atoms with Gasteiger partial charge in [0.15, 0.2) is 6.61 Å². The average molecular weight is 369 g/mol. The van der Waals surface area contributed by atoms with Crippen molar-refractivity contribution < 1.29 is 17.9 Å². The summed E-state index contributed by atoms with van der Waals surface area (Å²) in [6.45, 7) is 5.02. The van der Waals surface area contributed by atoms with Crippen LogP contribution >= 0.6 is 0 Å². The predicted octanol–water partition coefficient (Wildman–Crippen LogP) is 1.07. The zero-order chi connectivity index (χ0) is 18.6. The Bertz CT molecular complexity index is 711. The second-order valence-corrected chi connectivity index (χ2v) is 8.46. The first kappa shape index (κ1) is 19.7. The molecular weight excluding hydrogens is 342 g/mol. The van der Waals surface area contributed by atoms with Gasteiger partial charge in [0.05, 0.1) is 0 Å². The van der Waals surface area contributed by atoms with Crippen LogP contribution in [0.1, 0.15) is 24.0 Å². The fourth-order valence-corrected chi connectivity index (χ4v) is 3.54. The van der Waals surface area contributed by atoms with Crippen molar-refractivity contribution in [2.45, 2.75) is 32.7 Å². The maximum atomic E-state index is 12.3. The van der Waals surface area contributed by atoms with E-state index in [0.29, 0.717) is 25.9 Å². The Morgan fingerprint density at radius 3 is 2.52 bits per heavy atom. The van der Waals surface area contributed by atoms with Crippen LogP contribution in [0.5, 0.6) is 5.75 Å². The summed E-state index contributed by atoms with van der Waals surface area (Å²) in [6.07, 6.45) is 1.20. The zero-order valence-corrected chi connectivity index (χ0v) is 16.1. The second-order valence-electron chi connectivity index (χ2n) is 6.55. The summed E-state index contributed by atoms with van der Waals surface area (Å²) in [5.41, 5.74) is 2.16. The van der Waals surface area contributed by atoms with E-state index >= 15 is 0 Å². The number of likely N-dealkylation sites (tertiary alicyclic amines) is 1. The molecule has 1 aliphatic rings. The first-order chi connectivity index (χ1) is 11.7. The molecule has 0 aliphatic carbocycles. The molecule has 8 heteroatoms. The fraction of sp³-hybridized carbons (Fsp3) is 0.588. The monoisotopic (exact) mass is 369 g/mol. The number of aryl methyl sites for hydroxylation is 1. The number of carbonyl (C=O) groups is 1. The van der Waals surface area contributed by atoms with Gasteiger partial charge in [-0.2, -0.15) is 17.4 Å². The molecule has 0 bridgehead atoms. The molecule has 1 aromatic rings. The molecule has 0 radical (unpaired) electrons. The Labute approximate surface area is 150 Å². The predicted molar refractivity (Wildman–Crippen MR) is 96.8 cm³/mol. The van der Waals surface area contributed by atoms with E-state index in [1.807, 2.05) is 32.0 Å². The normalized spacial score (nSPS) is 16.3. The number of nitrogens with one attached hydrogen (secondary N) is 1. The maximum Gasteiger partial charge on any atom is 0.279 e. The molecular formula is C17H27N3O4S. The van der Waals surface area contributed by atoms with Gasteiger partial charge in [0.1, 0.15) is 5.75 Å². The van der Waals surface area contributed by atoms with Crippen LogP contribution in [0.3, 0.4) is 0 Å². The number of rotatable bonds is 6. The van der Waals surface area contributed by atoms with Crippen LogP contribution in [0.2, 0.25) is 0 Å². The van der Waals surface area contributed by atoms with E-state index in [0.717, 1.165) is 21.2 Å². The van der Waals surface area contributed by atoms with Gasteiger partial charge in [-0.1, -0.05) is 12.1 Å². The van der Waals surface area contributed by atoms with Gasteiger partial charge in [0.25, 0.3) is 16.1 Å². The van der Waals surface area contributed by atoms with E-state index in [-0.39, 0.29) is 18.6 Å². The van der Waals surface area contributed by atoms with Crippen LogP contribution in [0, 0.1) is 13.8 Å². The summed E-state index contributed by atoms with van der Waals surface area (Å²) in [5.74, 6) is 0.650. The molecule has 0 unspecified atom stereocenters. The van der Waals surface area contributed by atoms with Crippen molar-refractivity contribution >= 4 is 16.1 Å². The van der Waals surface area contributed by atoms with Gasteiger partial charge in [-0.3, -0.25) is 4.79 Å². The molecule has 1 aliphatic heterocycles. The van der Waals surface area contributed by atoms with Crippen molar-refractivity contribution in [1.29, 1.82) is 0 Å². The van der Waals surface area contributed by atoms with Gasteiger partial charge in [-0.25, -0.2) is 0 Å². The molecule has 1 fully saturated rings. The van der Waals surface area contributed by atoms with Crippen molar-refractivity contribution in [3.63, 3.8) is 0 Å². The maximum absolute atomic E-state index is 12.3. The molecule has 1 heterocycles.